The summed E-state index contributed by atoms with van der Waals surface area (Å²) in [5.41, 5.74) is 1.16. The van der Waals surface area contributed by atoms with Crippen LogP contribution in [0.4, 0.5) is 5.69 Å². The summed E-state index contributed by atoms with van der Waals surface area (Å²) in [7, 11) is -1.05. The van der Waals surface area contributed by atoms with Crippen molar-refractivity contribution < 1.29 is 17.9 Å². The Kier molecular flexibility index (Phi) is 5.94. The number of nitrogens with zero attached hydrogens (tertiary/aromatic N) is 1. The van der Waals surface area contributed by atoms with Crippen LogP contribution >= 0.6 is 15.9 Å². The number of rotatable bonds is 6. The molecular weight excluding hydrogens is 462 g/mol. The number of hydrogen-bond donors (Lipinski definition) is 2. The van der Waals surface area contributed by atoms with Crippen molar-refractivity contribution in [2.24, 2.45) is 0 Å². The zero-order valence-corrected chi connectivity index (χ0v) is 18.2. The summed E-state index contributed by atoms with van der Waals surface area (Å²) >= 11 is 3.26. The first-order valence-electron chi connectivity index (χ1n) is 8.36. The minimum absolute atomic E-state index is 0.0114. The number of ether oxygens (including phenoxy) is 2. The van der Waals surface area contributed by atoms with Crippen LogP contribution in [0, 0.1) is 6.92 Å². The first-order chi connectivity index (χ1) is 13.7. The number of benzene rings is 2. The Balaban J connectivity index is 1.99. The number of H-pyrrole nitrogens is 1. The summed E-state index contributed by atoms with van der Waals surface area (Å²) in [5.74, 6) is 1.03. The molecule has 29 heavy (non-hydrogen) atoms. The average Bonchev–Trinajstić information content (AvgIpc) is 2.66. The molecule has 0 spiro atoms. The van der Waals surface area contributed by atoms with Gasteiger partial charge < -0.3 is 14.5 Å². The van der Waals surface area contributed by atoms with Crippen LogP contribution in [-0.4, -0.2) is 32.6 Å². The van der Waals surface area contributed by atoms with Gasteiger partial charge in [0.2, 0.25) is 0 Å². The molecule has 0 unspecified atom stereocenters. The second-order valence-corrected chi connectivity index (χ2v) is 8.56. The highest BCUT2D eigenvalue weighted by molar-refractivity contribution is 9.10. The monoisotopic (exact) mass is 479 g/mol. The van der Waals surface area contributed by atoms with Gasteiger partial charge in [-0.2, -0.15) is 0 Å². The first-order valence-corrected chi connectivity index (χ1v) is 10.6. The number of hydrogen-bond acceptors (Lipinski definition) is 6. The topological polar surface area (TPSA) is 110 Å². The smallest absolute Gasteiger partial charge is 0.263 e. The van der Waals surface area contributed by atoms with Gasteiger partial charge in [0.25, 0.3) is 15.6 Å². The predicted molar refractivity (Wildman–Crippen MR) is 113 cm³/mol. The van der Waals surface area contributed by atoms with Crippen molar-refractivity contribution in [2.45, 2.75) is 11.8 Å². The number of aromatic amines is 1. The van der Waals surface area contributed by atoms with E-state index >= 15 is 0 Å². The standard InChI is InChI=1S/C19H18BrN3O5S/c1-11-7-18(24)22-19(21-11)12-5-4-6-13(8-12)23-29(25,26)17-10-16(28-3)15(27-2)9-14(17)20/h4-10,23H,1-3H3,(H,21,22,24). The maximum atomic E-state index is 12.9. The molecule has 0 saturated carbocycles. The number of halogens is 1. The lowest BCUT2D eigenvalue weighted by atomic mass is 10.2. The molecular formula is C19H18BrN3O5S. The minimum Gasteiger partial charge on any atom is -0.493 e. The molecule has 0 atom stereocenters. The molecule has 10 heteroatoms. The molecule has 3 rings (SSSR count). The van der Waals surface area contributed by atoms with Crippen LogP contribution < -0.4 is 19.8 Å². The van der Waals surface area contributed by atoms with Crippen LogP contribution in [0.25, 0.3) is 11.4 Å². The molecule has 3 aromatic rings. The van der Waals surface area contributed by atoms with E-state index in [1.54, 1.807) is 31.2 Å². The number of nitrogens with one attached hydrogen (secondary N) is 2. The minimum atomic E-state index is -3.94. The molecule has 0 saturated heterocycles. The molecule has 0 aliphatic heterocycles. The quantitative estimate of drug-likeness (QED) is 0.560. The van der Waals surface area contributed by atoms with Crippen LogP contribution in [0.2, 0.25) is 0 Å². The lowest BCUT2D eigenvalue weighted by Gasteiger charge is -2.14. The van der Waals surface area contributed by atoms with Crippen molar-refractivity contribution in [3.8, 4) is 22.9 Å². The third-order valence-electron chi connectivity index (χ3n) is 3.99. The van der Waals surface area contributed by atoms with Crippen LogP contribution in [-0.2, 0) is 10.0 Å². The number of anilines is 1. The molecule has 1 aromatic heterocycles. The first kappa shape index (κ1) is 20.9. The number of aryl methyl sites for hydroxylation is 1. The van der Waals surface area contributed by atoms with E-state index in [1.165, 1.54) is 32.4 Å². The van der Waals surface area contributed by atoms with Gasteiger partial charge in [0.15, 0.2) is 11.5 Å². The van der Waals surface area contributed by atoms with Gasteiger partial charge in [-0.25, -0.2) is 13.4 Å². The van der Waals surface area contributed by atoms with E-state index in [1.807, 2.05) is 0 Å². The summed E-state index contributed by atoms with van der Waals surface area (Å²) in [6.45, 7) is 1.71. The molecule has 152 valence electrons. The molecule has 0 radical (unpaired) electrons. The van der Waals surface area contributed by atoms with Crippen molar-refractivity contribution >= 4 is 31.6 Å². The lowest BCUT2D eigenvalue weighted by molar-refractivity contribution is 0.353. The second kappa shape index (κ2) is 8.26. The summed E-state index contributed by atoms with van der Waals surface area (Å²) < 4.78 is 39.1. The Morgan fingerprint density at radius 3 is 2.41 bits per heavy atom. The highest BCUT2D eigenvalue weighted by Gasteiger charge is 2.21. The Morgan fingerprint density at radius 1 is 1.07 bits per heavy atom. The number of methoxy groups -OCH3 is 2. The fourth-order valence-corrected chi connectivity index (χ4v) is 4.78. The Labute approximate surface area is 176 Å². The third-order valence-corrected chi connectivity index (χ3v) is 6.33. The van der Waals surface area contributed by atoms with Gasteiger partial charge >= 0.3 is 0 Å². The van der Waals surface area contributed by atoms with Crippen molar-refractivity contribution in [3.63, 3.8) is 0 Å². The van der Waals surface area contributed by atoms with E-state index in [9.17, 15) is 13.2 Å². The van der Waals surface area contributed by atoms with Crippen LogP contribution in [0.5, 0.6) is 11.5 Å². The SMILES string of the molecule is COc1cc(Br)c(S(=O)(=O)Nc2cccc(-c3nc(C)cc(=O)[nH]3)c2)cc1OC. The Bertz CT molecular complexity index is 1220. The van der Waals surface area contributed by atoms with Gasteiger partial charge in [-0.3, -0.25) is 9.52 Å². The zero-order chi connectivity index (χ0) is 21.2. The summed E-state index contributed by atoms with van der Waals surface area (Å²) in [4.78, 5) is 18.6. The van der Waals surface area contributed by atoms with E-state index < -0.39 is 10.0 Å². The molecule has 0 fully saturated rings. The lowest BCUT2D eigenvalue weighted by Crippen LogP contribution is -2.14. The van der Waals surface area contributed by atoms with E-state index in [-0.39, 0.29) is 16.2 Å². The third kappa shape index (κ3) is 4.60. The van der Waals surface area contributed by atoms with Crippen LogP contribution in [0.1, 0.15) is 5.69 Å². The normalized spacial score (nSPS) is 11.2. The van der Waals surface area contributed by atoms with Gasteiger partial charge in [0, 0.05) is 33.6 Å². The average molecular weight is 480 g/mol. The van der Waals surface area contributed by atoms with E-state index in [0.29, 0.717) is 33.0 Å². The van der Waals surface area contributed by atoms with Gasteiger partial charge in [0.1, 0.15) is 10.7 Å². The van der Waals surface area contributed by atoms with Gasteiger partial charge in [-0.05, 0) is 41.1 Å². The van der Waals surface area contributed by atoms with Crippen molar-refractivity contribution in [1.29, 1.82) is 0 Å². The van der Waals surface area contributed by atoms with E-state index in [2.05, 4.69) is 30.6 Å². The van der Waals surface area contributed by atoms with Crippen LogP contribution in [0.3, 0.4) is 0 Å². The molecule has 1 heterocycles. The van der Waals surface area contributed by atoms with Gasteiger partial charge in [-0.15, -0.1) is 0 Å². The zero-order valence-electron chi connectivity index (χ0n) is 15.8. The number of aromatic nitrogens is 2. The van der Waals surface area contributed by atoms with Crippen molar-refractivity contribution in [1.82, 2.24) is 9.97 Å². The molecule has 0 amide bonds. The molecule has 2 aromatic carbocycles. The molecule has 0 aliphatic rings. The Hall–Kier alpha value is -2.85. The number of sulfonamides is 1. The molecule has 0 bridgehead atoms. The summed E-state index contributed by atoms with van der Waals surface area (Å²) in [5, 5.41) is 0. The predicted octanol–water partition coefficient (Wildman–Crippen LogP) is 3.33. The molecule has 2 N–H and O–H groups in total. The second-order valence-electron chi connectivity index (χ2n) is 6.06. The fourth-order valence-electron chi connectivity index (χ4n) is 2.70. The molecule has 0 aliphatic carbocycles. The van der Waals surface area contributed by atoms with Crippen LogP contribution in [0.15, 0.2) is 56.6 Å². The molecule has 8 nitrogen and oxygen atoms in total. The Morgan fingerprint density at radius 2 is 1.76 bits per heavy atom. The largest absolute Gasteiger partial charge is 0.493 e. The maximum absolute atomic E-state index is 12.9. The fraction of sp³-hybridized carbons (Fsp3) is 0.158. The maximum Gasteiger partial charge on any atom is 0.263 e. The van der Waals surface area contributed by atoms with E-state index in [4.69, 9.17) is 9.47 Å². The van der Waals surface area contributed by atoms with Crippen molar-refractivity contribution in [2.75, 3.05) is 18.9 Å². The summed E-state index contributed by atoms with van der Waals surface area (Å²) in [6, 6.07) is 10.8. The van der Waals surface area contributed by atoms with E-state index in [0.717, 1.165) is 0 Å². The van der Waals surface area contributed by atoms with Crippen molar-refractivity contribution in [3.05, 3.63) is 63.0 Å². The van der Waals surface area contributed by atoms with Gasteiger partial charge in [0.05, 0.1) is 14.2 Å². The van der Waals surface area contributed by atoms with Gasteiger partial charge in [-0.1, -0.05) is 12.1 Å². The highest BCUT2D eigenvalue weighted by atomic mass is 79.9. The summed E-state index contributed by atoms with van der Waals surface area (Å²) in [6.07, 6.45) is 0. The highest BCUT2D eigenvalue weighted by Crippen LogP contribution is 2.36.